The van der Waals surface area contributed by atoms with Gasteiger partial charge < -0.3 is 14.0 Å². The van der Waals surface area contributed by atoms with E-state index >= 15 is 0 Å². The van der Waals surface area contributed by atoms with Gasteiger partial charge in [0, 0.05) is 5.41 Å². The highest BCUT2D eigenvalue weighted by Gasteiger charge is 2.63. The third kappa shape index (κ3) is 3.18. The fourth-order valence-corrected chi connectivity index (χ4v) is 7.76. The van der Waals surface area contributed by atoms with Crippen LogP contribution >= 0.6 is 0 Å². The number of fused-ring (bicyclic) bond motifs is 4. The monoisotopic (exact) mass is 420 g/mol. The third-order valence-corrected chi connectivity index (χ3v) is 11.3. The largest absolute Gasteiger partial charge is 0.458 e. The predicted octanol–water partition coefficient (Wildman–Crippen LogP) is 5.05. The summed E-state index contributed by atoms with van der Waals surface area (Å²) in [7, 11) is 4.26. The third-order valence-electron chi connectivity index (χ3n) is 11.3. The van der Waals surface area contributed by atoms with Gasteiger partial charge in [-0.1, -0.05) is 41.5 Å². The highest BCUT2D eigenvalue weighted by atomic mass is 16.5. The molecule has 0 aromatic rings. The van der Waals surface area contributed by atoms with Gasteiger partial charge in [0.15, 0.2) is 6.54 Å². The van der Waals surface area contributed by atoms with Crippen molar-refractivity contribution in [2.75, 3.05) is 33.8 Å². The number of carbonyl (C=O) groups is 1. The first kappa shape index (κ1) is 22.6. The van der Waals surface area contributed by atoms with E-state index in [4.69, 9.17) is 9.47 Å². The van der Waals surface area contributed by atoms with Gasteiger partial charge in [-0.25, -0.2) is 4.79 Å². The van der Waals surface area contributed by atoms with Gasteiger partial charge in [-0.2, -0.15) is 0 Å². The Hall–Kier alpha value is -0.610. The van der Waals surface area contributed by atoms with Crippen LogP contribution in [0.15, 0.2) is 0 Å². The molecule has 4 nitrogen and oxygen atoms in total. The first-order chi connectivity index (χ1) is 13.7. The SMILES string of the molecule is CC1(C)[C@@H]2CC[C@@]1(C)[C@H](OCC[N+](C)(C)CC(=O)O[C@H]1C[C@@H]3CC[C@@]1(C)C3(C)C)C2. The van der Waals surface area contributed by atoms with Crippen LogP contribution in [0.5, 0.6) is 0 Å². The summed E-state index contributed by atoms with van der Waals surface area (Å²) in [5.41, 5.74) is 1.10. The molecule has 30 heavy (non-hydrogen) atoms. The number of quaternary nitrogens is 1. The molecule has 0 aromatic heterocycles. The maximum Gasteiger partial charge on any atom is 0.362 e. The van der Waals surface area contributed by atoms with Crippen molar-refractivity contribution in [1.82, 2.24) is 0 Å². The minimum Gasteiger partial charge on any atom is -0.458 e. The number of hydrogen-bond donors (Lipinski definition) is 0. The minimum atomic E-state index is -0.0393. The molecule has 6 atom stereocenters. The van der Waals surface area contributed by atoms with E-state index in [1.165, 1.54) is 32.1 Å². The smallest absolute Gasteiger partial charge is 0.362 e. The lowest BCUT2D eigenvalue weighted by Crippen LogP contribution is -2.49. The first-order valence-corrected chi connectivity index (χ1v) is 12.4. The Morgan fingerprint density at radius 2 is 1.37 bits per heavy atom. The highest BCUT2D eigenvalue weighted by Crippen LogP contribution is 2.67. The van der Waals surface area contributed by atoms with Gasteiger partial charge in [0.05, 0.1) is 26.8 Å². The molecule has 0 amide bonds. The lowest BCUT2D eigenvalue weighted by molar-refractivity contribution is -0.883. The second kappa shape index (κ2) is 6.94. The number of likely N-dealkylation sites (N-methyl/N-ethyl adjacent to an activating group) is 1. The van der Waals surface area contributed by atoms with Crippen molar-refractivity contribution >= 4 is 5.97 Å². The summed E-state index contributed by atoms with van der Waals surface area (Å²) >= 11 is 0. The summed E-state index contributed by atoms with van der Waals surface area (Å²) in [5, 5.41) is 0. The van der Waals surface area contributed by atoms with Crippen molar-refractivity contribution in [2.24, 2.45) is 33.5 Å². The molecule has 172 valence electrons. The second-order valence-corrected chi connectivity index (χ2v) is 13.4. The van der Waals surface area contributed by atoms with Crippen LogP contribution in [-0.4, -0.2) is 56.5 Å². The van der Waals surface area contributed by atoms with Gasteiger partial charge in [-0.05, 0) is 66.6 Å². The van der Waals surface area contributed by atoms with Crippen LogP contribution in [0.25, 0.3) is 0 Å². The van der Waals surface area contributed by atoms with Gasteiger partial charge in [-0.15, -0.1) is 0 Å². The van der Waals surface area contributed by atoms with Gasteiger partial charge >= 0.3 is 5.97 Å². The molecule has 0 spiro atoms. The first-order valence-electron chi connectivity index (χ1n) is 12.4. The van der Waals surface area contributed by atoms with E-state index in [1.807, 2.05) is 0 Å². The van der Waals surface area contributed by atoms with Crippen LogP contribution < -0.4 is 0 Å². The van der Waals surface area contributed by atoms with Crippen molar-refractivity contribution in [1.29, 1.82) is 0 Å². The lowest BCUT2D eigenvalue weighted by atomic mass is 9.70. The van der Waals surface area contributed by atoms with Crippen LogP contribution in [0.2, 0.25) is 0 Å². The van der Waals surface area contributed by atoms with E-state index in [1.54, 1.807) is 0 Å². The number of carbonyl (C=O) groups excluding carboxylic acids is 1. The topological polar surface area (TPSA) is 35.5 Å². The van der Waals surface area contributed by atoms with Crippen LogP contribution in [0.4, 0.5) is 0 Å². The molecule has 4 saturated carbocycles. The molecule has 0 aliphatic heterocycles. The Kier molecular flexibility index (Phi) is 5.22. The second-order valence-electron chi connectivity index (χ2n) is 13.4. The van der Waals surface area contributed by atoms with Crippen LogP contribution in [0.1, 0.15) is 80.1 Å². The molecule has 0 saturated heterocycles. The molecule has 0 aromatic carbocycles. The number of ether oxygens (including phenoxy) is 2. The zero-order valence-corrected chi connectivity index (χ0v) is 20.8. The summed E-state index contributed by atoms with van der Waals surface area (Å²) < 4.78 is 13.2. The van der Waals surface area contributed by atoms with E-state index in [-0.39, 0.29) is 22.9 Å². The number of hydrogen-bond acceptors (Lipinski definition) is 3. The number of esters is 1. The fraction of sp³-hybridized carbons (Fsp3) is 0.962. The van der Waals surface area contributed by atoms with Crippen molar-refractivity contribution in [3.8, 4) is 0 Å². The number of rotatable bonds is 7. The minimum absolute atomic E-state index is 0.0393. The predicted molar refractivity (Wildman–Crippen MR) is 120 cm³/mol. The molecule has 0 radical (unpaired) electrons. The van der Waals surface area contributed by atoms with Crippen molar-refractivity contribution in [3.05, 3.63) is 0 Å². The standard InChI is InChI=1S/C26H46NO3/c1-23(2)18-9-11-25(23,5)20(15-18)29-14-13-27(7,8)17-22(28)30-21-16-19-10-12-26(21,6)24(19,3)4/h18-21H,9-17H2,1-8H3/q+1/t18-,19+,20-,21+,25+,26-/m1/s1. The van der Waals surface area contributed by atoms with E-state index in [9.17, 15) is 4.79 Å². The van der Waals surface area contributed by atoms with Gasteiger partial charge in [-0.3, -0.25) is 0 Å². The van der Waals surface area contributed by atoms with Crippen LogP contribution in [-0.2, 0) is 14.3 Å². The molecule has 4 rings (SSSR count). The zero-order valence-electron chi connectivity index (χ0n) is 20.8. The molecular formula is C26H46NO3+. The maximum atomic E-state index is 12.8. The summed E-state index contributed by atoms with van der Waals surface area (Å²) in [4.78, 5) is 12.8. The van der Waals surface area contributed by atoms with Crippen molar-refractivity contribution < 1.29 is 18.8 Å². The molecule has 4 fully saturated rings. The Morgan fingerprint density at radius 1 is 0.867 bits per heavy atom. The van der Waals surface area contributed by atoms with Crippen molar-refractivity contribution in [3.63, 3.8) is 0 Å². The average Bonchev–Trinajstić information content (AvgIpc) is 3.13. The summed E-state index contributed by atoms with van der Waals surface area (Å²) in [6.45, 7) is 16.4. The summed E-state index contributed by atoms with van der Waals surface area (Å²) in [6, 6.07) is 0. The Balaban J connectivity index is 1.26. The number of nitrogens with zero attached hydrogens (tertiary/aromatic N) is 1. The van der Waals surface area contributed by atoms with Crippen molar-refractivity contribution in [2.45, 2.75) is 92.3 Å². The summed E-state index contributed by atoms with van der Waals surface area (Å²) in [6.07, 6.45) is 7.83. The Bertz CT molecular complexity index is 698. The van der Waals surface area contributed by atoms with E-state index in [0.29, 0.717) is 33.9 Å². The van der Waals surface area contributed by atoms with E-state index in [0.717, 1.165) is 25.5 Å². The molecule has 0 heterocycles. The Labute approximate surface area is 184 Å². The Morgan fingerprint density at radius 3 is 1.80 bits per heavy atom. The average molecular weight is 421 g/mol. The lowest BCUT2D eigenvalue weighted by Gasteiger charge is -2.40. The quantitative estimate of drug-likeness (QED) is 0.427. The molecule has 4 aliphatic carbocycles. The molecular weight excluding hydrogens is 374 g/mol. The molecule has 4 bridgehead atoms. The maximum absolute atomic E-state index is 12.8. The van der Waals surface area contributed by atoms with Crippen LogP contribution in [0, 0.1) is 33.5 Å². The van der Waals surface area contributed by atoms with Gasteiger partial charge in [0.2, 0.25) is 0 Å². The summed E-state index contributed by atoms with van der Waals surface area (Å²) in [5.74, 6) is 1.46. The molecule has 4 aliphatic rings. The normalized spacial score (nSPS) is 43.3. The molecule has 0 N–H and O–H groups in total. The highest BCUT2D eigenvalue weighted by molar-refractivity contribution is 5.71. The van der Waals surface area contributed by atoms with E-state index in [2.05, 4.69) is 55.6 Å². The van der Waals surface area contributed by atoms with Gasteiger partial charge in [0.1, 0.15) is 12.6 Å². The zero-order chi connectivity index (χ0) is 22.2. The molecule has 4 heteroatoms. The van der Waals surface area contributed by atoms with Crippen LogP contribution in [0.3, 0.4) is 0 Å². The van der Waals surface area contributed by atoms with Gasteiger partial charge in [0.25, 0.3) is 0 Å². The van der Waals surface area contributed by atoms with E-state index < -0.39 is 0 Å². The molecule has 0 unspecified atom stereocenters. The fourth-order valence-electron chi connectivity index (χ4n) is 7.76.